The largest absolute Gasteiger partial charge is 0.493 e. The molecular formula is C19H33ClN2O3. The Kier molecular flexibility index (Phi) is 11.3. The van der Waals surface area contributed by atoms with Gasteiger partial charge in [-0.25, -0.2) is 0 Å². The van der Waals surface area contributed by atoms with Crippen LogP contribution in [0.4, 0.5) is 0 Å². The maximum atomic E-state index is 12.5. The van der Waals surface area contributed by atoms with E-state index in [1.54, 1.807) is 14.2 Å². The van der Waals surface area contributed by atoms with Gasteiger partial charge in [0.2, 0.25) is 5.91 Å². The van der Waals surface area contributed by atoms with E-state index < -0.39 is 0 Å². The molecule has 0 aliphatic rings. The van der Waals surface area contributed by atoms with Gasteiger partial charge in [-0.1, -0.05) is 19.9 Å². The Bertz CT molecular complexity index is 521. The van der Waals surface area contributed by atoms with Crippen LogP contribution in [0.3, 0.4) is 0 Å². The first-order valence-electron chi connectivity index (χ1n) is 8.61. The number of nitrogens with zero attached hydrogens (tertiary/aromatic N) is 1. The Balaban J connectivity index is 0.00000576. The fraction of sp³-hybridized carbons (Fsp3) is 0.632. The normalized spacial score (nSPS) is 11.6. The lowest BCUT2D eigenvalue weighted by molar-refractivity contribution is -0.131. The summed E-state index contributed by atoms with van der Waals surface area (Å²) in [5.74, 6) is 2.05. The van der Waals surface area contributed by atoms with E-state index in [9.17, 15) is 4.79 Å². The summed E-state index contributed by atoms with van der Waals surface area (Å²) in [4.78, 5) is 14.4. The van der Waals surface area contributed by atoms with E-state index in [1.165, 1.54) is 0 Å². The third kappa shape index (κ3) is 8.45. The van der Waals surface area contributed by atoms with Crippen LogP contribution in [0, 0.1) is 5.92 Å². The molecule has 0 bridgehead atoms. The molecule has 5 nitrogen and oxygen atoms in total. The van der Waals surface area contributed by atoms with Gasteiger partial charge in [-0.05, 0) is 43.4 Å². The average molecular weight is 373 g/mol. The molecule has 1 atom stereocenters. The SMILES string of the molecule is COc1ccc(CCN(CC(C)C)C(=O)CCC(C)N)cc1OC.Cl. The van der Waals surface area contributed by atoms with Gasteiger partial charge < -0.3 is 20.1 Å². The van der Waals surface area contributed by atoms with E-state index >= 15 is 0 Å². The zero-order chi connectivity index (χ0) is 18.1. The summed E-state index contributed by atoms with van der Waals surface area (Å²) in [5.41, 5.74) is 6.90. The molecule has 0 saturated heterocycles. The Hall–Kier alpha value is -1.46. The Morgan fingerprint density at radius 1 is 1.16 bits per heavy atom. The quantitative estimate of drug-likeness (QED) is 0.684. The zero-order valence-electron chi connectivity index (χ0n) is 16.1. The Morgan fingerprint density at radius 2 is 1.80 bits per heavy atom. The summed E-state index contributed by atoms with van der Waals surface area (Å²) >= 11 is 0. The number of benzene rings is 1. The first-order chi connectivity index (χ1) is 11.4. The molecule has 6 heteroatoms. The summed E-state index contributed by atoms with van der Waals surface area (Å²) in [6.45, 7) is 7.66. The standard InChI is InChI=1S/C19H32N2O3.ClH/c1-14(2)13-21(19(22)9-6-15(3)20)11-10-16-7-8-17(23-4)18(12-16)24-5;/h7-8,12,14-15H,6,9-11,13,20H2,1-5H3;1H. The highest BCUT2D eigenvalue weighted by Gasteiger charge is 2.16. The molecule has 25 heavy (non-hydrogen) atoms. The predicted octanol–water partition coefficient (Wildman–Crippen LogP) is 3.28. The highest BCUT2D eigenvalue weighted by molar-refractivity contribution is 5.85. The van der Waals surface area contributed by atoms with Crippen LogP contribution < -0.4 is 15.2 Å². The molecule has 1 unspecified atom stereocenters. The van der Waals surface area contributed by atoms with Crippen LogP contribution in [0.25, 0.3) is 0 Å². The second kappa shape index (κ2) is 12.0. The second-order valence-corrected chi connectivity index (χ2v) is 6.69. The Labute approximate surface area is 158 Å². The van der Waals surface area contributed by atoms with Crippen LogP contribution in [-0.2, 0) is 11.2 Å². The van der Waals surface area contributed by atoms with Gasteiger partial charge in [0.05, 0.1) is 14.2 Å². The van der Waals surface area contributed by atoms with Crippen molar-refractivity contribution in [3.8, 4) is 11.5 Å². The minimum atomic E-state index is 0. The van der Waals surface area contributed by atoms with Gasteiger partial charge in [0.15, 0.2) is 11.5 Å². The van der Waals surface area contributed by atoms with Crippen molar-refractivity contribution in [3.05, 3.63) is 23.8 Å². The maximum Gasteiger partial charge on any atom is 0.222 e. The van der Waals surface area contributed by atoms with Gasteiger partial charge >= 0.3 is 0 Å². The minimum Gasteiger partial charge on any atom is -0.493 e. The molecule has 2 N–H and O–H groups in total. The molecule has 0 spiro atoms. The molecule has 1 rings (SSSR count). The highest BCUT2D eigenvalue weighted by Crippen LogP contribution is 2.27. The number of methoxy groups -OCH3 is 2. The van der Waals surface area contributed by atoms with Gasteiger partial charge in [0, 0.05) is 25.6 Å². The van der Waals surface area contributed by atoms with Crippen LogP contribution in [0.5, 0.6) is 11.5 Å². The first kappa shape index (κ1) is 23.5. The molecule has 1 aromatic rings. The Morgan fingerprint density at radius 3 is 2.32 bits per heavy atom. The van der Waals surface area contributed by atoms with E-state index in [0.717, 1.165) is 24.9 Å². The van der Waals surface area contributed by atoms with Crippen molar-refractivity contribution in [2.75, 3.05) is 27.3 Å². The molecule has 0 aliphatic heterocycles. The summed E-state index contributed by atoms with van der Waals surface area (Å²) in [6.07, 6.45) is 2.02. The van der Waals surface area contributed by atoms with Crippen LogP contribution in [-0.4, -0.2) is 44.2 Å². The monoisotopic (exact) mass is 372 g/mol. The van der Waals surface area contributed by atoms with Crippen LogP contribution in [0.2, 0.25) is 0 Å². The summed E-state index contributed by atoms with van der Waals surface area (Å²) in [6, 6.07) is 5.94. The van der Waals surface area contributed by atoms with Crippen molar-refractivity contribution in [2.45, 2.75) is 46.1 Å². The molecule has 0 radical (unpaired) electrons. The van der Waals surface area contributed by atoms with Gasteiger partial charge in [0.1, 0.15) is 0 Å². The van der Waals surface area contributed by atoms with Gasteiger partial charge in [-0.2, -0.15) is 0 Å². The number of nitrogens with two attached hydrogens (primary N) is 1. The first-order valence-corrected chi connectivity index (χ1v) is 8.61. The molecule has 1 amide bonds. The number of hydrogen-bond acceptors (Lipinski definition) is 4. The number of rotatable bonds is 10. The predicted molar refractivity (Wildman–Crippen MR) is 105 cm³/mol. The summed E-state index contributed by atoms with van der Waals surface area (Å²) < 4.78 is 10.6. The van der Waals surface area contributed by atoms with Crippen LogP contribution >= 0.6 is 12.4 Å². The number of amides is 1. The molecule has 0 saturated carbocycles. The number of hydrogen-bond donors (Lipinski definition) is 1. The van der Waals surface area contributed by atoms with Gasteiger partial charge in [-0.3, -0.25) is 4.79 Å². The van der Waals surface area contributed by atoms with Crippen molar-refractivity contribution in [3.63, 3.8) is 0 Å². The van der Waals surface area contributed by atoms with Crippen molar-refractivity contribution in [2.24, 2.45) is 11.7 Å². The third-order valence-corrected chi connectivity index (χ3v) is 3.87. The maximum absolute atomic E-state index is 12.5. The van der Waals surface area contributed by atoms with Crippen LogP contribution in [0.1, 0.15) is 39.2 Å². The highest BCUT2D eigenvalue weighted by atomic mass is 35.5. The van der Waals surface area contributed by atoms with Crippen molar-refractivity contribution >= 4 is 18.3 Å². The van der Waals surface area contributed by atoms with Crippen molar-refractivity contribution in [1.29, 1.82) is 0 Å². The molecule has 144 valence electrons. The fourth-order valence-corrected chi connectivity index (χ4v) is 2.57. The molecule has 0 heterocycles. The molecular weight excluding hydrogens is 340 g/mol. The number of carbonyl (C=O) groups is 1. The fourth-order valence-electron chi connectivity index (χ4n) is 2.57. The lowest BCUT2D eigenvalue weighted by atomic mass is 10.1. The average Bonchev–Trinajstić information content (AvgIpc) is 2.55. The van der Waals surface area contributed by atoms with E-state index in [1.807, 2.05) is 30.0 Å². The topological polar surface area (TPSA) is 64.8 Å². The number of carbonyl (C=O) groups excluding carboxylic acids is 1. The molecule has 1 aromatic carbocycles. The smallest absolute Gasteiger partial charge is 0.222 e. The van der Waals surface area contributed by atoms with E-state index in [2.05, 4.69) is 13.8 Å². The molecule has 0 aliphatic carbocycles. The van der Waals surface area contributed by atoms with Gasteiger partial charge in [0.25, 0.3) is 0 Å². The third-order valence-electron chi connectivity index (χ3n) is 3.87. The summed E-state index contributed by atoms with van der Waals surface area (Å²) in [7, 11) is 3.25. The van der Waals surface area contributed by atoms with Crippen molar-refractivity contribution in [1.82, 2.24) is 4.90 Å². The lowest BCUT2D eigenvalue weighted by Crippen LogP contribution is -2.36. The van der Waals surface area contributed by atoms with Crippen LogP contribution in [0.15, 0.2) is 18.2 Å². The second-order valence-electron chi connectivity index (χ2n) is 6.69. The van der Waals surface area contributed by atoms with E-state index in [-0.39, 0.29) is 24.4 Å². The molecule has 0 fully saturated rings. The number of halogens is 1. The van der Waals surface area contributed by atoms with E-state index in [0.29, 0.717) is 30.4 Å². The lowest BCUT2D eigenvalue weighted by Gasteiger charge is -2.25. The molecule has 0 aromatic heterocycles. The van der Waals surface area contributed by atoms with E-state index in [4.69, 9.17) is 15.2 Å². The summed E-state index contributed by atoms with van der Waals surface area (Å²) in [5, 5.41) is 0. The number of ether oxygens (including phenoxy) is 2. The van der Waals surface area contributed by atoms with Crippen molar-refractivity contribution < 1.29 is 14.3 Å². The minimum absolute atomic E-state index is 0. The zero-order valence-corrected chi connectivity index (χ0v) is 16.9. The van der Waals surface area contributed by atoms with Gasteiger partial charge in [-0.15, -0.1) is 12.4 Å².